The summed E-state index contributed by atoms with van der Waals surface area (Å²) in [6, 6.07) is 0. The van der Waals surface area contributed by atoms with E-state index in [-0.39, 0.29) is 17.1 Å². The zero-order valence-corrected chi connectivity index (χ0v) is 15.4. The van der Waals surface area contributed by atoms with Crippen LogP contribution in [0.3, 0.4) is 0 Å². The molecule has 3 heteroatoms. The minimum Gasteiger partial charge on any atom is -0.390 e. The summed E-state index contributed by atoms with van der Waals surface area (Å²) in [5.74, 6) is 4.23. The maximum absolute atomic E-state index is 11.8. The van der Waals surface area contributed by atoms with Gasteiger partial charge in [0.2, 0.25) is 0 Å². The van der Waals surface area contributed by atoms with Crippen molar-refractivity contribution in [1.82, 2.24) is 0 Å². The highest BCUT2D eigenvalue weighted by molar-refractivity contribution is 5.91. The number of terminal acetylenes is 1. The average molecular weight is 342 g/mol. The Kier molecular flexibility index (Phi) is 3.77. The summed E-state index contributed by atoms with van der Waals surface area (Å²) < 4.78 is 0. The minimum absolute atomic E-state index is 0.186. The standard InChI is InChI=1S/C22H30O3/c1-4-21-13-20(3,24)19-16-9-7-15(23)12-14(16)6-8-17(19)18(21)10-11-22(21,25)5-2/h2,12,16-19,24-25H,4,6-11,13H2,1,3H3/t16-,17-,18-,19+,20?,21-,22-/m0/s1. The van der Waals surface area contributed by atoms with Gasteiger partial charge in [0.05, 0.1) is 5.60 Å². The fourth-order valence-corrected chi connectivity index (χ4v) is 7.44. The largest absolute Gasteiger partial charge is 0.390 e. The van der Waals surface area contributed by atoms with Crippen molar-refractivity contribution < 1.29 is 15.0 Å². The van der Waals surface area contributed by atoms with Crippen molar-refractivity contribution in [2.24, 2.45) is 29.1 Å². The van der Waals surface area contributed by atoms with Gasteiger partial charge in [-0.05, 0) is 81.6 Å². The van der Waals surface area contributed by atoms with Crippen LogP contribution in [-0.4, -0.2) is 27.2 Å². The van der Waals surface area contributed by atoms with E-state index in [1.54, 1.807) is 0 Å². The zero-order valence-electron chi connectivity index (χ0n) is 15.4. The lowest BCUT2D eigenvalue weighted by Gasteiger charge is -2.61. The average Bonchev–Trinajstić information content (AvgIpc) is 2.87. The van der Waals surface area contributed by atoms with Gasteiger partial charge >= 0.3 is 0 Å². The van der Waals surface area contributed by atoms with Gasteiger partial charge in [-0.3, -0.25) is 4.79 Å². The first kappa shape index (κ1) is 17.3. The van der Waals surface area contributed by atoms with E-state index >= 15 is 0 Å². The molecule has 0 saturated heterocycles. The fraction of sp³-hybridized carbons (Fsp3) is 0.773. The Bertz CT molecular complexity index is 669. The van der Waals surface area contributed by atoms with Crippen molar-refractivity contribution in [2.75, 3.05) is 0 Å². The second-order valence-electron chi connectivity index (χ2n) is 9.25. The van der Waals surface area contributed by atoms with E-state index in [2.05, 4.69) is 12.8 Å². The summed E-state index contributed by atoms with van der Waals surface area (Å²) in [5.41, 5.74) is -1.07. The van der Waals surface area contributed by atoms with Crippen molar-refractivity contribution in [2.45, 2.75) is 76.4 Å². The number of carbonyl (C=O) groups is 1. The lowest BCUT2D eigenvalue weighted by molar-refractivity contribution is -0.191. The molecule has 2 N–H and O–H groups in total. The molecule has 0 radical (unpaired) electrons. The van der Waals surface area contributed by atoms with Gasteiger partial charge in [-0.25, -0.2) is 0 Å². The van der Waals surface area contributed by atoms with Gasteiger partial charge in [0.15, 0.2) is 5.78 Å². The highest BCUT2D eigenvalue weighted by Crippen LogP contribution is 2.68. The molecule has 0 spiro atoms. The molecule has 7 atom stereocenters. The van der Waals surface area contributed by atoms with Gasteiger partial charge < -0.3 is 10.2 Å². The number of fused-ring (bicyclic) bond motifs is 5. The summed E-state index contributed by atoms with van der Waals surface area (Å²) in [6.07, 6.45) is 14.1. The Morgan fingerprint density at radius 2 is 2.04 bits per heavy atom. The smallest absolute Gasteiger partial charge is 0.155 e. The number of aliphatic hydroxyl groups is 2. The lowest BCUT2D eigenvalue weighted by atomic mass is 9.45. The molecule has 0 aromatic rings. The predicted octanol–water partition coefficient (Wildman–Crippen LogP) is 3.24. The Hall–Kier alpha value is -1.11. The van der Waals surface area contributed by atoms with Crippen molar-refractivity contribution in [3.05, 3.63) is 11.6 Å². The van der Waals surface area contributed by atoms with Crippen LogP contribution in [0.4, 0.5) is 0 Å². The molecule has 1 unspecified atom stereocenters. The van der Waals surface area contributed by atoms with Crippen LogP contribution in [0.25, 0.3) is 0 Å². The third-order valence-electron chi connectivity index (χ3n) is 8.31. The van der Waals surface area contributed by atoms with Crippen LogP contribution in [0.15, 0.2) is 11.6 Å². The summed E-state index contributed by atoms with van der Waals surface area (Å²) in [5, 5.41) is 22.8. The number of hydrogen-bond acceptors (Lipinski definition) is 3. The lowest BCUT2D eigenvalue weighted by Crippen LogP contribution is -2.62. The van der Waals surface area contributed by atoms with E-state index in [1.807, 2.05) is 13.0 Å². The van der Waals surface area contributed by atoms with Gasteiger partial charge in [-0.15, -0.1) is 6.42 Å². The van der Waals surface area contributed by atoms with E-state index in [4.69, 9.17) is 6.42 Å². The third kappa shape index (κ3) is 2.17. The molecule has 3 nitrogen and oxygen atoms in total. The molecule has 0 aliphatic heterocycles. The first-order valence-electron chi connectivity index (χ1n) is 9.94. The predicted molar refractivity (Wildman–Crippen MR) is 96.5 cm³/mol. The molecular formula is C22H30O3. The Morgan fingerprint density at radius 1 is 1.28 bits per heavy atom. The molecule has 4 aliphatic rings. The summed E-state index contributed by atoms with van der Waals surface area (Å²) >= 11 is 0. The van der Waals surface area contributed by atoms with Gasteiger partial charge in [-0.1, -0.05) is 18.4 Å². The van der Waals surface area contributed by atoms with Gasteiger partial charge in [0.25, 0.3) is 0 Å². The summed E-state index contributed by atoms with van der Waals surface area (Å²) in [4.78, 5) is 11.8. The first-order chi connectivity index (χ1) is 11.8. The van der Waals surface area contributed by atoms with Crippen LogP contribution < -0.4 is 0 Å². The molecule has 0 amide bonds. The van der Waals surface area contributed by atoms with Crippen molar-refractivity contribution in [3.63, 3.8) is 0 Å². The van der Waals surface area contributed by atoms with Crippen LogP contribution in [0.2, 0.25) is 0 Å². The molecule has 0 aromatic carbocycles. The summed E-state index contributed by atoms with van der Waals surface area (Å²) in [6.45, 7) is 4.07. The molecule has 0 heterocycles. The normalized spacial score (nSPS) is 51.8. The molecule has 25 heavy (non-hydrogen) atoms. The van der Waals surface area contributed by atoms with Crippen LogP contribution in [0.5, 0.6) is 0 Å². The topological polar surface area (TPSA) is 57.5 Å². The van der Waals surface area contributed by atoms with E-state index in [0.717, 1.165) is 32.1 Å². The Labute approximate surface area is 150 Å². The molecule has 4 aliphatic carbocycles. The second kappa shape index (κ2) is 5.44. The minimum atomic E-state index is -1.10. The van der Waals surface area contributed by atoms with E-state index in [0.29, 0.717) is 37.0 Å². The maximum atomic E-state index is 11.8. The van der Waals surface area contributed by atoms with Crippen molar-refractivity contribution >= 4 is 5.78 Å². The van der Waals surface area contributed by atoms with Gasteiger partial charge in [0, 0.05) is 11.8 Å². The molecule has 0 bridgehead atoms. The number of carbonyl (C=O) groups excluding carboxylic acids is 1. The van der Waals surface area contributed by atoms with Crippen LogP contribution in [0, 0.1) is 41.4 Å². The second-order valence-corrected chi connectivity index (χ2v) is 9.25. The molecule has 0 aromatic heterocycles. The Balaban J connectivity index is 1.78. The summed E-state index contributed by atoms with van der Waals surface area (Å²) in [7, 11) is 0. The number of allylic oxidation sites excluding steroid dienone is 1. The van der Waals surface area contributed by atoms with E-state index < -0.39 is 11.2 Å². The molecule has 4 rings (SSSR count). The van der Waals surface area contributed by atoms with E-state index in [9.17, 15) is 15.0 Å². The van der Waals surface area contributed by atoms with Gasteiger partial charge in [-0.2, -0.15) is 0 Å². The van der Waals surface area contributed by atoms with Crippen LogP contribution >= 0.6 is 0 Å². The van der Waals surface area contributed by atoms with Crippen molar-refractivity contribution in [3.8, 4) is 12.3 Å². The van der Waals surface area contributed by atoms with Crippen LogP contribution in [-0.2, 0) is 4.79 Å². The molecule has 3 saturated carbocycles. The van der Waals surface area contributed by atoms with Gasteiger partial charge in [0.1, 0.15) is 5.60 Å². The number of rotatable bonds is 1. The molecule has 136 valence electrons. The van der Waals surface area contributed by atoms with E-state index in [1.165, 1.54) is 5.57 Å². The van der Waals surface area contributed by atoms with Crippen LogP contribution in [0.1, 0.15) is 65.2 Å². The molecular weight excluding hydrogens is 312 g/mol. The van der Waals surface area contributed by atoms with Crippen molar-refractivity contribution in [1.29, 1.82) is 0 Å². The maximum Gasteiger partial charge on any atom is 0.155 e. The highest BCUT2D eigenvalue weighted by atomic mass is 16.3. The fourth-order valence-electron chi connectivity index (χ4n) is 7.44. The SMILES string of the molecule is C#C[C@]1(O)CC[C@H]2[C@@H]3CCC4=CC(=O)CC[C@@H]4[C@H]3C(C)(O)C[C@@]21CC. The Morgan fingerprint density at radius 3 is 2.72 bits per heavy atom. The number of hydrogen-bond donors (Lipinski definition) is 2. The number of ketones is 1. The zero-order chi connectivity index (χ0) is 18.0. The molecule has 3 fully saturated rings. The highest BCUT2D eigenvalue weighted by Gasteiger charge is 2.68. The quantitative estimate of drug-likeness (QED) is 0.719. The third-order valence-corrected chi connectivity index (χ3v) is 8.31. The first-order valence-corrected chi connectivity index (χ1v) is 9.94. The monoisotopic (exact) mass is 342 g/mol.